The van der Waals surface area contributed by atoms with E-state index in [4.69, 9.17) is 4.74 Å². The SMILES string of the molecule is COc1cc(NC(=O)c2cccc(Cn3nc(C)cc3C)c2)ccc1NC(=O)c1cccnc1. The van der Waals surface area contributed by atoms with E-state index >= 15 is 0 Å². The van der Waals surface area contributed by atoms with Gasteiger partial charge in [-0.25, -0.2) is 0 Å². The smallest absolute Gasteiger partial charge is 0.257 e. The number of methoxy groups -OCH3 is 1. The van der Waals surface area contributed by atoms with E-state index in [9.17, 15) is 9.59 Å². The van der Waals surface area contributed by atoms with Gasteiger partial charge in [0.1, 0.15) is 5.75 Å². The number of nitrogens with one attached hydrogen (secondary N) is 2. The predicted octanol–water partition coefficient (Wildman–Crippen LogP) is 4.46. The monoisotopic (exact) mass is 455 g/mol. The Hall–Kier alpha value is -4.46. The molecule has 2 amide bonds. The highest BCUT2D eigenvalue weighted by Crippen LogP contribution is 2.28. The van der Waals surface area contributed by atoms with Gasteiger partial charge in [0.15, 0.2) is 0 Å². The first kappa shape index (κ1) is 22.7. The number of benzene rings is 2. The standard InChI is InChI=1S/C26H25N5O3/c1-17-12-18(2)31(30-17)16-19-6-4-7-20(13-19)25(32)28-22-9-10-23(24(14-22)34-3)29-26(33)21-8-5-11-27-15-21/h4-15H,16H2,1-3H3,(H,28,32)(H,29,33). The van der Waals surface area contributed by atoms with Crippen LogP contribution in [0.25, 0.3) is 0 Å². The molecule has 8 heteroatoms. The molecular weight excluding hydrogens is 430 g/mol. The minimum atomic E-state index is -0.303. The minimum Gasteiger partial charge on any atom is -0.494 e. The highest BCUT2D eigenvalue weighted by molar-refractivity contribution is 6.06. The molecule has 0 unspecified atom stereocenters. The van der Waals surface area contributed by atoms with Crippen LogP contribution in [0.2, 0.25) is 0 Å². The van der Waals surface area contributed by atoms with Gasteiger partial charge in [0.05, 0.1) is 30.6 Å². The van der Waals surface area contributed by atoms with Crippen LogP contribution in [-0.2, 0) is 6.54 Å². The average Bonchev–Trinajstić information content (AvgIpc) is 3.16. The molecule has 34 heavy (non-hydrogen) atoms. The number of nitrogens with zero attached hydrogens (tertiary/aromatic N) is 3. The first-order chi connectivity index (χ1) is 16.4. The third kappa shape index (κ3) is 5.29. The van der Waals surface area contributed by atoms with E-state index in [2.05, 4.69) is 20.7 Å². The summed E-state index contributed by atoms with van der Waals surface area (Å²) in [5.41, 5.74) is 5.00. The lowest BCUT2D eigenvalue weighted by atomic mass is 10.1. The Morgan fingerprint density at radius 3 is 2.44 bits per heavy atom. The summed E-state index contributed by atoms with van der Waals surface area (Å²) in [6, 6.07) is 17.9. The topological polar surface area (TPSA) is 98.1 Å². The van der Waals surface area contributed by atoms with Gasteiger partial charge in [-0.15, -0.1) is 0 Å². The number of aryl methyl sites for hydroxylation is 2. The third-order valence-electron chi connectivity index (χ3n) is 5.26. The van der Waals surface area contributed by atoms with E-state index < -0.39 is 0 Å². The predicted molar refractivity (Wildman–Crippen MR) is 130 cm³/mol. The summed E-state index contributed by atoms with van der Waals surface area (Å²) in [4.78, 5) is 29.3. The van der Waals surface area contributed by atoms with Gasteiger partial charge >= 0.3 is 0 Å². The fourth-order valence-corrected chi connectivity index (χ4v) is 3.59. The van der Waals surface area contributed by atoms with E-state index in [1.165, 1.54) is 13.3 Å². The van der Waals surface area contributed by atoms with E-state index in [1.807, 2.05) is 42.8 Å². The van der Waals surface area contributed by atoms with Crippen LogP contribution in [-0.4, -0.2) is 33.7 Å². The number of carbonyl (C=O) groups is 2. The lowest BCUT2D eigenvalue weighted by molar-refractivity contribution is 0.101. The summed E-state index contributed by atoms with van der Waals surface area (Å²) in [7, 11) is 1.50. The number of rotatable bonds is 7. The Balaban J connectivity index is 1.46. The first-order valence-electron chi connectivity index (χ1n) is 10.7. The quantitative estimate of drug-likeness (QED) is 0.429. The summed E-state index contributed by atoms with van der Waals surface area (Å²) in [5.74, 6) is -0.125. The summed E-state index contributed by atoms with van der Waals surface area (Å²) in [6.45, 7) is 4.55. The molecule has 8 nitrogen and oxygen atoms in total. The highest BCUT2D eigenvalue weighted by atomic mass is 16.5. The summed E-state index contributed by atoms with van der Waals surface area (Å²) in [5, 5.41) is 10.2. The molecule has 0 spiro atoms. The Labute approximate surface area is 197 Å². The first-order valence-corrected chi connectivity index (χ1v) is 10.7. The molecule has 2 aromatic heterocycles. The number of hydrogen-bond donors (Lipinski definition) is 2. The van der Waals surface area contributed by atoms with Gasteiger partial charge in [-0.1, -0.05) is 12.1 Å². The molecule has 172 valence electrons. The van der Waals surface area contributed by atoms with Crippen LogP contribution in [0.5, 0.6) is 5.75 Å². The summed E-state index contributed by atoms with van der Waals surface area (Å²) >= 11 is 0. The molecule has 0 aliphatic carbocycles. The number of hydrogen-bond acceptors (Lipinski definition) is 5. The zero-order valence-corrected chi connectivity index (χ0v) is 19.2. The Morgan fingerprint density at radius 1 is 0.941 bits per heavy atom. The van der Waals surface area contributed by atoms with Crippen LogP contribution in [0.15, 0.2) is 73.1 Å². The van der Waals surface area contributed by atoms with Gasteiger partial charge in [0, 0.05) is 35.4 Å². The molecule has 0 radical (unpaired) electrons. The molecule has 4 rings (SSSR count). The summed E-state index contributed by atoms with van der Waals surface area (Å²) in [6.07, 6.45) is 3.09. The molecule has 0 saturated carbocycles. The molecule has 4 aromatic rings. The zero-order chi connectivity index (χ0) is 24.1. The molecular formula is C26H25N5O3. The Bertz CT molecular complexity index is 1330. The van der Waals surface area contributed by atoms with Crippen LogP contribution < -0.4 is 15.4 Å². The Morgan fingerprint density at radius 2 is 1.74 bits per heavy atom. The molecule has 0 bridgehead atoms. The van der Waals surface area contributed by atoms with E-state index in [0.29, 0.717) is 34.8 Å². The van der Waals surface area contributed by atoms with E-state index in [1.54, 1.807) is 42.6 Å². The molecule has 0 aliphatic rings. The summed E-state index contributed by atoms with van der Waals surface area (Å²) < 4.78 is 7.33. The van der Waals surface area contributed by atoms with Crippen molar-refractivity contribution in [2.45, 2.75) is 20.4 Å². The number of carbonyl (C=O) groups excluding carboxylic acids is 2. The van der Waals surface area contributed by atoms with Gasteiger partial charge in [-0.3, -0.25) is 19.3 Å². The van der Waals surface area contributed by atoms with Crippen molar-refractivity contribution in [3.05, 3.63) is 101 Å². The molecule has 2 heterocycles. The minimum absolute atomic E-state index is 0.246. The number of anilines is 2. The van der Waals surface area contributed by atoms with Crippen molar-refractivity contribution in [1.29, 1.82) is 0 Å². The van der Waals surface area contributed by atoms with Crippen molar-refractivity contribution in [1.82, 2.24) is 14.8 Å². The molecule has 0 aliphatic heterocycles. The molecule has 0 fully saturated rings. The lowest BCUT2D eigenvalue weighted by Gasteiger charge is -2.13. The lowest BCUT2D eigenvalue weighted by Crippen LogP contribution is -2.14. The van der Waals surface area contributed by atoms with Crippen molar-refractivity contribution in [3.8, 4) is 5.75 Å². The number of amides is 2. The van der Waals surface area contributed by atoms with Gasteiger partial charge in [-0.2, -0.15) is 5.10 Å². The van der Waals surface area contributed by atoms with Gasteiger partial charge in [0.25, 0.3) is 11.8 Å². The van der Waals surface area contributed by atoms with Crippen molar-refractivity contribution < 1.29 is 14.3 Å². The molecule has 0 saturated heterocycles. The second-order valence-corrected chi connectivity index (χ2v) is 7.85. The van der Waals surface area contributed by atoms with Crippen LogP contribution in [0.4, 0.5) is 11.4 Å². The largest absolute Gasteiger partial charge is 0.494 e. The Kier molecular flexibility index (Phi) is 6.68. The van der Waals surface area contributed by atoms with Gasteiger partial charge < -0.3 is 15.4 Å². The number of aromatic nitrogens is 3. The van der Waals surface area contributed by atoms with E-state index in [0.717, 1.165) is 17.0 Å². The fraction of sp³-hybridized carbons (Fsp3) is 0.154. The van der Waals surface area contributed by atoms with Crippen LogP contribution in [0.3, 0.4) is 0 Å². The second kappa shape index (κ2) is 9.99. The average molecular weight is 456 g/mol. The van der Waals surface area contributed by atoms with Crippen molar-refractivity contribution in [2.24, 2.45) is 0 Å². The number of pyridine rings is 1. The van der Waals surface area contributed by atoms with Crippen molar-refractivity contribution >= 4 is 23.2 Å². The van der Waals surface area contributed by atoms with E-state index in [-0.39, 0.29) is 11.8 Å². The number of ether oxygens (including phenoxy) is 1. The van der Waals surface area contributed by atoms with Gasteiger partial charge in [0.2, 0.25) is 0 Å². The van der Waals surface area contributed by atoms with Crippen LogP contribution in [0, 0.1) is 13.8 Å². The maximum absolute atomic E-state index is 12.9. The van der Waals surface area contributed by atoms with Crippen LogP contribution >= 0.6 is 0 Å². The van der Waals surface area contributed by atoms with Gasteiger partial charge in [-0.05, 0) is 61.9 Å². The fourth-order valence-electron chi connectivity index (χ4n) is 3.59. The molecule has 2 N–H and O–H groups in total. The normalized spacial score (nSPS) is 10.6. The zero-order valence-electron chi connectivity index (χ0n) is 19.2. The highest BCUT2D eigenvalue weighted by Gasteiger charge is 2.13. The third-order valence-corrected chi connectivity index (χ3v) is 5.26. The van der Waals surface area contributed by atoms with Crippen molar-refractivity contribution in [3.63, 3.8) is 0 Å². The van der Waals surface area contributed by atoms with Crippen molar-refractivity contribution in [2.75, 3.05) is 17.7 Å². The maximum atomic E-state index is 12.9. The molecule has 0 atom stereocenters. The van der Waals surface area contributed by atoms with Crippen LogP contribution in [0.1, 0.15) is 37.7 Å². The second-order valence-electron chi connectivity index (χ2n) is 7.85. The maximum Gasteiger partial charge on any atom is 0.257 e. The molecule has 2 aromatic carbocycles.